The number of rotatable bonds is 7. The molecule has 1 unspecified atom stereocenters. The minimum Gasteiger partial charge on any atom is -0.395 e. The lowest BCUT2D eigenvalue weighted by Crippen LogP contribution is -2.13. The van der Waals surface area contributed by atoms with Crippen LogP contribution in [0.25, 0.3) is 0 Å². The molecule has 1 aliphatic rings. The zero-order valence-electron chi connectivity index (χ0n) is 14.0. The maximum Gasteiger partial charge on any atom is 0.224 e. The molecule has 2 aromatic heterocycles. The van der Waals surface area contributed by atoms with E-state index in [0.717, 1.165) is 35.2 Å². The minimum atomic E-state index is 0.0422. The van der Waals surface area contributed by atoms with Gasteiger partial charge in [0.2, 0.25) is 5.95 Å². The highest BCUT2D eigenvalue weighted by Crippen LogP contribution is 2.26. The smallest absolute Gasteiger partial charge is 0.224 e. The zero-order chi connectivity index (χ0) is 16.9. The molecule has 3 N–H and O–H groups in total. The van der Waals surface area contributed by atoms with Gasteiger partial charge in [0.05, 0.1) is 31.1 Å². The molecule has 1 saturated heterocycles. The zero-order valence-corrected chi connectivity index (χ0v) is 14.8. The lowest BCUT2D eigenvalue weighted by molar-refractivity contribution is 0.193. The number of aliphatic hydroxyl groups is 1. The Labute approximate surface area is 145 Å². The second-order valence-electron chi connectivity index (χ2n) is 5.82. The average Bonchev–Trinajstić information content (AvgIpc) is 3.21. The first-order valence-corrected chi connectivity index (χ1v) is 8.95. The van der Waals surface area contributed by atoms with Crippen LogP contribution in [0.15, 0.2) is 6.07 Å². The first kappa shape index (κ1) is 17.1. The van der Waals surface area contributed by atoms with Gasteiger partial charge in [0, 0.05) is 30.0 Å². The molecule has 130 valence electrons. The maximum absolute atomic E-state index is 9.00. The molecule has 8 heteroatoms. The summed E-state index contributed by atoms with van der Waals surface area (Å²) in [6, 6.07) is 1.98. The maximum atomic E-state index is 9.00. The minimum absolute atomic E-state index is 0.0422. The summed E-state index contributed by atoms with van der Waals surface area (Å²) in [5.41, 5.74) is 2.05. The number of anilines is 2. The largest absolute Gasteiger partial charge is 0.395 e. The van der Waals surface area contributed by atoms with Crippen molar-refractivity contribution in [2.45, 2.75) is 32.7 Å². The summed E-state index contributed by atoms with van der Waals surface area (Å²) in [5, 5.41) is 16.4. The van der Waals surface area contributed by atoms with E-state index in [-0.39, 0.29) is 6.61 Å². The van der Waals surface area contributed by atoms with E-state index >= 15 is 0 Å². The van der Waals surface area contributed by atoms with Crippen LogP contribution < -0.4 is 10.6 Å². The Bertz CT molecular complexity index is 666. The van der Waals surface area contributed by atoms with Crippen molar-refractivity contribution in [2.24, 2.45) is 0 Å². The van der Waals surface area contributed by atoms with E-state index in [1.807, 2.05) is 13.0 Å². The number of nitrogens with zero attached hydrogens (tertiary/aromatic N) is 3. The molecule has 3 heterocycles. The monoisotopic (exact) mass is 349 g/mol. The second kappa shape index (κ2) is 7.87. The summed E-state index contributed by atoms with van der Waals surface area (Å²) in [6.45, 7) is 6.67. The van der Waals surface area contributed by atoms with Crippen molar-refractivity contribution in [3.63, 3.8) is 0 Å². The topological polar surface area (TPSA) is 92.2 Å². The predicted octanol–water partition coefficient (Wildman–Crippen LogP) is 2.07. The fraction of sp³-hybridized carbons (Fsp3) is 0.562. The van der Waals surface area contributed by atoms with E-state index in [1.54, 1.807) is 11.3 Å². The number of hydrogen-bond acceptors (Lipinski definition) is 8. The van der Waals surface area contributed by atoms with Crippen LogP contribution in [0.3, 0.4) is 0 Å². The van der Waals surface area contributed by atoms with Gasteiger partial charge in [-0.25, -0.2) is 9.97 Å². The Morgan fingerprint density at radius 3 is 2.83 bits per heavy atom. The van der Waals surface area contributed by atoms with Crippen molar-refractivity contribution in [3.05, 3.63) is 27.3 Å². The highest BCUT2D eigenvalue weighted by Gasteiger charge is 2.20. The molecule has 0 spiro atoms. The van der Waals surface area contributed by atoms with Crippen LogP contribution in [0.2, 0.25) is 0 Å². The van der Waals surface area contributed by atoms with Gasteiger partial charge in [0.25, 0.3) is 0 Å². The fourth-order valence-electron chi connectivity index (χ4n) is 2.56. The molecule has 1 atom stereocenters. The molecular weight excluding hydrogens is 326 g/mol. The van der Waals surface area contributed by atoms with Gasteiger partial charge in [-0.2, -0.15) is 4.98 Å². The van der Waals surface area contributed by atoms with Gasteiger partial charge < -0.3 is 20.5 Å². The van der Waals surface area contributed by atoms with Gasteiger partial charge in [-0.05, 0) is 20.3 Å². The highest BCUT2D eigenvalue weighted by atomic mass is 32.1. The molecule has 1 aliphatic heterocycles. The quantitative estimate of drug-likeness (QED) is 0.705. The van der Waals surface area contributed by atoms with Crippen LogP contribution in [0, 0.1) is 13.8 Å². The van der Waals surface area contributed by atoms with Gasteiger partial charge in [-0.3, -0.25) is 0 Å². The molecule has 1 fully saturated rings. The number of ether oxygens (including phenoxy) is 1. The first-order valence-electron chi connectivity index (χ1n) is 8.14. The third-order valence-corrected chi connectivity index (χ3v) is 5.06. The van der Waals surface area contributed by atoms with Gasteiger partial charge in [-0.15, -0.1) is 11.3 Å². The Morgan fingerprint density at radius 1 is 1.29 bits per heavy atom. The van der Waals surface area contributed by atoms with E-state index in [0.29, 0.717) is 31.6 Å². The molecule has 0 amide bonds. The number of hydrogen-bond donors (Lipinski definition) is 3. The molecule has 24 heavy (non-hydrogen) atoms. The van der Waals surface area contributed by atoms with E-state index in [4.69, 9.17) is 9.84 Å². The molecular formula is C16H23N5O2S. The molecule has 2 aromatic rings. The normalized spacial score (nSPS) is 17.2. The van der Waals surface area contributed by atoms with E-state index in [1.165, 1.54) is 4.88 Å². The standard InChI is InChI=1S/C16H23N5O2S/c1-10-11(2)24-15(19-10)8-18-14-7-13(12-3-6-23-9-12)20-16(21-14)17-4-5-22/h7,12,22H,3-6,8-9H2,1-2H3,(H2,17,18,20,21). The Balaban J connectivity index is 1.75. The van der Waals surface area contributed by atoms with Crippen molar-refractivity contribution in [1.82, 2.24) is 15.0 Å². The van der Waals surface area contributed by atoms with E-state index in [2.05, 4.69) is 32.5 Å². The summed E-state index contributed by atoms with van der Waals surface area (Å²) in [6.07, 6.45) is 0.973. The summed E-state index contributed by atoms with van der Waals surface area (Å²) in [4.78, 5) is 14.8. The second-order valence-corrected chi connectivity index (χ2v) is 7.10. The molecule has 3 rings (SSSR count). The number of aromatic nitrogens is 3. The van der Waals surface area contributed by atoms with Gasteiger partial charge in [0.15, 0.2) is 0 Å². The van der Waals surface area contributed by atoms with E-state index < -0.39 is 0 Å². The number of nitrogens with one attached hydrogen (secondary N) is 2. The van der Waals surface area contributed by atoms with Crippen LogP contribution >= 0.6 is 11.3 Å². The molecule has 0 bridgehead atoms. The predicted molar refractivity (Wildman–Crippen MR) is 94.7 cm³/mol. The summed E-state index contributed by atoms with van der Waals surface area (Å²) in [5.74, 6) is 1.59. The SMILES string of the molecule is Cc1nc(CNc2cc(C3CCOC3)nc(NCCO)n2)sc1C. The van der Waals surface area contributed by atoms with Crippen LogP contribution in [0.4, 0.5) is 11.8 Å². The van der Waals surface area contributed by atoms with Crippen LogP contribution in [0.5, 0.6) is 0 Å². The number of thiazole rings is 1. The van der Waals surface area contributed by atoms with Crippen LogP contribution in [-0.4, -0.2) is 46.4 Å². The molecule has 0 aliphatic carbocycles. The molecule has 0 radical (unpaired) electrons. The third-order valence-electron chi connectivity index (χ3n) is 3.98. The average molecular weight is 349 g/mol. The van der Waals surface area contributed by atoms with E-state index in [9.17, 15) is 0 Å². The lowest BCUT2D eigenvalue weighted by atomic mass is 10.0. The summed E-state index contributed by atoms with van der Waals surface area (Å²) >= 11 is 1.70. The van der Waals surface area contributed by atoms with Gasteiger partial charge >= 0.3 is 0 Å². The Kier molecular flexibility index (Phi) is 5.60. The first-order chi connectivity index (χ1) is 11.7. The van der Waals surface area contributed by atoms with Gasteiger partial charge in [-0.1, -0.05) is 0 Å². The van der Waals surface area contributed by atoms with Crippen molar-refractivity contribution in [3.8, 4) is 0 Å². The van der Waals surface area contributed by atoms with Crippen molar-refractivity contribution in [2.75, 3.05) is 37.0 Å². The number of aliphatic hydroxyl groups excluding tert-OH is 1. The van der Waals surface area contributed by atoms with Crippen molar-refractivity contribution in [1.29, 1.82) is 0 Å². The molecule has 0 saturated carbocycles. The molecule has 0 aromatic carbocycles. The fourth-order valence-corrected chi connectivity index (χ4v) is 3.43. The Morgan fingerprint density at radius 2 is 2.17 bits per heavy atom. The summed E-state index contributed by atoms with van der Waals surface area (Å²) in [7, 11) is 0. The van der Waals surface area contributed by atoms with Crippen LogP contribution in [-0.2, 0) is 11.3 Å². The van der Waals surface area contributed by atoms with Crippen LogP contribution in [0.1, 0.15) is 33.6 Å². The molecule has 7 nitrogen and oxygen atoms in total. The third kappa shape index (κ3) is 4.19. The van der Waals surface area contributed by atoms with Gasteiger partial charge in [0.1, 0.15) is 10.8 Å². The Hall–Kier alpha value is -1.77. The lowest BCUT2D eigenvalue weighted by Gasteiger charge is -2.13. The number of aryl methyl sites for hydroxylation is 2. The van der Waals surface area contributed by atoms with Crippen molar-refractivity contribution < 1.29 is 9.84 Å². The highest BCUT2D eigenvalue weighted by molar-refractivity contribution is 7.11. The summed E-state index contributed by atoms with van der Waals surface area (Å²) < 4.78 is 5.47. The van der Waals surface area contributed by atoms with Crippen molar-refractivity contribution >= 4 is 23.1 Å².